The van der Waals surface area contributed by atoms with Crippen LogP contribution in [0.5, 0.6) is 0 Å². The van der Waals surface area contributed by atoms with Crippen LogP contribution in [0.4, 0.5) is 0 Å². The highest BCUT2D eigenvalue weighted by atomic mass is 16.5. The van der Waals surface area contributed by atoms with Crippen LogP contribution in [0.1, 0.15) is 19.2 Å². The van der Waals surface area contributed by atoms with Crippen LogP contribution in [0.25, 0.3) is 0 Å². The van der Waals surface area contributed by atoms with Crippen molar-refractivity contribution < 1.29 is 4.52 Å². The predicted molar refractivity (Wildman–Crippen MR) is 31.1 cm³/mol. The standard InChI is InChI=1S/C5H8N2O2/c1-2-3-4-6-5(8)9-7-4/h2-3H2,1H3,(H,6,7,8). The predicted octanol–water partition coefficient (Wildman–Crippen LogP) is 0.315. The summed E-state index contributed by atoms with van der Waals surface area (Å²) < 4.78 is 4.26. The Balaban J connectivity index is 2.73. The second-order valence-corrected chi connectivity index (χ2v) is 1.79. The van der Waals surface area contributed by atoms with Gasteiger partial charge in [-0.05, 0) is 6.42 Å². The third-order valence-electron chi connectivity index (χ3n) is 0.972. The van der Waals surface area contributed by atoms with Crippen molar-refractivity contribution in [3.05, 3.63) is 16.4 Å². The Kier molecular flexibility index (Phi) is 1.67. The van der Waals surface area contributed by atoms with Gasteiger partial charge < -0.3 is 0 Å². The summed E-state index contributed by atoms with van der Waals surface area (Å²) in [6.45, 7) is 2.01. The minimum atomic E-state index is -0.474. The van der Waals surface area contributed by atoms with E-state index in [0.717, 1.165) is 12.8 Å². The Morgan fingerprint density at radius 2 is 2.56 bits per heavy atom. The Labute approximate surface area is 51.9 Å². The third-order valence-corrected chi connectivity index (χ3v) is 0.972. The first kappa shape index (κ1) is 6.07. The van der Waals surface area contributed by atoms with E-state index in [0.29, 0.717) is 5.82 Å². The normalized spacial score (nSPS) is 9.89. The van der Waals surface area contributed by atoms with Gasteiger partial charge in [0.05, 0.1) is 0 Å². The van der Waals surface area contributed by atoms with E-state index in [2.05, 4.69) is 14.7 Å². The van der Waals surface area contributed by atoms with E-state index >= 15 is 0 Å². The molecule has 0 aliphatic carbocycles. The molecule has 1 N–H and O–H groups in total. The van der Waals surface area contributed by atoms with Crippen molar-refractivity contribution in [2.45, 2.75) is 19.8 Å². The van der Waals surface area contributed by atoms with Gasteiger partial charge in [-0.2, -0.15) is 0 Å². The Morgan fingerprint density at radius 1 is 1.78 bits per heavy atom. The molecule has 0 fully saturated rings. The van der Waals surface area contributed by atoms with Gasteiger partial charge in [-0.3, -0.25) is 9.51 Å². The van der Waals surface area contributed by atoms with E-state index in [9.17, 15) is 4.79 Å². The van der Waals surface area contributed by atoms with Gasteiger partial charge in [-0.1, -0.05) is 12.1 Å². The maximum atomic E-state index is 10.3. The fourth-order valence-electron chi connectivity index (χ4n) is 0.605. The lowest BCUT2D eigenvalue weighted by Crippen LogP contribution is -1.96. The van der Waals surface area contributed by atoms with Gasteiger partial charge in [0.25, 0.3) is 0 Å². The molecule has 0 saturated heterocycles. The molecule has 1 rings (SSSR count). The minimum Gasteiger partial charge on any atom is -0.296 e. The molecule has 4 heteroatoms. The van der Waals surface area contributed by atoms with Crippen LogP contribution in [-0.2, 0) is 6.42 Å². The van der Waals surface area contributed by atoms with Crippen LogP contribution in [-0.4, -0.2) is 10.1 Å². The van der Waals surface area contributed by atoms with Crippen LogP contribution in [0, 0.1) is 0 Å². The first-order valence-electron chi connectivity index (χ1n) is 2.88. The highest BCUT2D eigenvalue weighted by Gasteiger charge is 1.95. The maximum Gasteiger partial charge on any atom is 0.438 e. The number of nitrogens with one attached hydrogen (secondary N) is 1. The topological polar surface area (TPSA) is 58.9 Å². The number of aromatic amines is 1. The summed E-state index contributed by atoms with van der Waals surface area (Å²) in [5.74, 6) is 0.154. The zero-order valence-electron chi connectivity index (χ0n) is 5.18. The Morgan fingerprint density at radius 3 is 3.00 bits per heavy atom. The van der Waals surface area contributed by atoms with Gasteiger partial charge in [0.15, 0.2) is 5.82 Å². The lowest BCUT2D eigenvalue weighted by Gasteiger charge is -1.82. The fraction of sp³-hybridized carbons (Fsp3) is 0.600. The minimum absolute atomic E-state index is 0.474. The average molecular weight is 128 g/mol. The molecule has 1 heterocycles. The van der Waals surface area contributed by atoms with E-state index in [1.165, 1.54) is 0 Å². The second-order valence-electron chi connectivity index (χ2n) is 1.79. The zero-order valence-corrected chi connectivity index (χ0v) is 5.18. The molecular weight excluding hydrogens is 120 g/mol. The molecule has 0 radical (unpaired) electrons. The molecule has 0 aliphatic rings. The lowest BCUT2D eigenvalue weighted by molar-refractivity contribution is 0.381. The molecule has 4 nitrogen and oxygen atoms in total. The van der Waals surface area contributed by atoms with Gasteiger partial charge in [0, 0.05) is 6.42 Å². The maximum absolute atomic E-state index is 10.3. The lowest BCUT2D eigenvalue weighted by atomic mass is 10.3. The quantitative estimate of drug-likeness (QED) is 0.623. The molecule has 0 unspecified atom stereocenters. The fourth-order valence-corrected chi connectivity index (χ4v) is 0.605. The molecule has 0 atom stereocenters. The van der Waals surface area contributed by atoms with Crippen molar-refractivity contribution in [2.24, 2.45) is 0 Å². The molecule has 0 saturated carbocycles. The van der Waals surface area contributed by atoms with E-state index < -0.39 is 5.76 Å². The molecule has 0 aliphatic heterocycles. The van der Waals surface area contributed by atoms with E-state index in [1.807, 2.05) is 6.92 Å². The van der Waals surface area contributed by atoms with E-state index in [-0.39, 0.29) is 0 Å². The molecule has 0 bridgehead atoms. The highest BCUT2D eigenvalue weighted by Crippen LogP contribution is 1.88. The first-order chi connectivity index (χ1) is 4.33. The van der Waals surface area contributed by atoms with Crippen LogP contribution in [0.3, 0.4) is 0 Å². The summed E-state index contributed by atoms with van der Waals surface area (Å²) in [4.78, 5) is 12.7. The largest absolute Gasteiger partial charge is 0.438 e. The van der Waals surface area contributed by atoms with Crippen LogP contribution >= 0.6 is 0 Å². The SMILES string of the molecule is CCCc1noc(=O)[nH]1. The molecular formula is C5H8N2O2. The number of aryl methyl sites for hydroxylation is 1. The number of H-pyrrole nitrogens is 1. The number of aromatic nitrogens is 2. The van der Waals surface area contributed by atoms with Gasteiger partial charge >= 0.3 is 5.76 Å². The molecule has 1 aromatic heterocycles. The summed E-state index contributed by atoms with van der Waals surface area (Å²) in [7, 11) is 0. The molecule has 0 spiro atoms. The van der Waals surface area contributed by atoms with Gasteiger partial charge in [0.2, 0.25) is 0 Å². The van der Waals surface area contributed by atoms with E-state index in [1.54, 1.807) is 0 Å². The van der Waals surface area contributed by atoms with Crippen molar-refractivity contribution in [1.29, 1.82) is 0 Å². The van der Waals surface area contributed by atoms with Crippen LogP contribution < -0.4 is 5.76 Å². The van der Waals surface area contributed by atoms with Crippen molar-refractivity contribution >= 4 is 0 Å². The summed E-state index contributed by atoms with van der Waals surface area (Å²) in [5.41, 5.74) is 0. The van der Waals surface area contributed by atoms with E-state index in [4.69, 9.17) is 0 Å². The summed E-state index contributed by atoms with van der Waals surface area (Å²) in [6.07, 6.45) is 1.73. The van der Waals surface area contributed by atoms with Crippen molar-refractivity contribution in [3.8, 4) is 0 Å². The monoisotopic (exact) mass is 128 g/mol. The molecule has 0 amide bonds. The molecule has 9 heavy (non-hydrogen) atoms. The summed E-state index contributed by atoms with van der Waals surface area (Å²) in [5, 5.41) is 3.46. The number of hydrogen-bond acceptors (Lipinski definition) is 3. The average Bonchev–Trinajstić information content (AvgIpc) is 2.17. The van der Waals surface area contributed by atoms with Gasteiger partial charge in [0.1, 0.15) is 0 Å². The van der Waals surface area contributed by atoms with Gasteiger partial charge in [-0.15, -0.1) is 0 Å². The van der Waals surface area contributed by atoms with Crippen LogP contribution in [0.15, 0.2) is 9.32 Å². The van der Waals surface area contributed by atoms with Crippen molar-refractivity contribution in [3.63, 3.8) is 0 Å². The van der Waals surface area contributed by atoms with Crippen LogP contribution in [0.2, 0.25) is 0 Å². The number of nitrogens with zero attached hydrogens (tertiary/aromatic N) is 1. The third kappa shape index (κ3) is 1.42. The smallest absolute Gasteiger partial charge is 0.296 e. The molecule has 0 aromatic carbocycles. The number of hydrogen-bond donors (Lipinski definition) is 1. The zero-order chi connectivity index (χ0) is 6.69. The Hall–Kier alpha value is -1.06. The second kappa shape index (κ2) is 2.48. The summed E-state index contributed by atoms with van der Waals surface area (Å²) in [6, 6.07) is 0. The highest BCUT2D eigenvalue weighted by molar-refractivity contribution is 4.76. The van der Waals surface area contributed by atoms with Crippen molar-refractivity contribution in [1.82, 2.24) is 10.1 Å². The number of rotatable bonds is 2. The van der Waals surface area contributed by atoms with Gasteiger partial charge in [-0.25, -0.2) is 4.79 Å². The Bertz CT molecular complexity index is 225. The van der Waals surface area contributed by atoms with Crippen molar-refractivity contribution in [2.75, 3.05) is 0 Å². The summed E-state index contributed by atoms with van der Waals surface area (Å²) >= 11 is 0. The first-order valence-corrected chi connectivity index (χ1v) is 2.88. The molecule has 50 valence electrons. The molecule has 1 aromatic rings.